The summed E-state index contributed by atoms with van der Waals surface area (Å²) >= 11 is 0. The van der Waals surface area contributed by atoms with Gasteiger partial charge >= 0.3 is 6.03 Å². The third-order valence-electron chi connectivity index (χ3n) is 4.80. The van der Waals surface area contributed by atoms with Gasteiger partial charge in [0.25, 0.3) is 5.91 Å². The normalized spacial score (nSPS) is 19.0. The van der Waals surface area contributed by atoms with E-state index in [1.54, 1.807) is 13.0 Å². The Morgan fingerprint density at radius 3 is 2.66 bits per heavy atom. The van der Waals surface area contributed by atoms with Crippen molar-refractivity contribution >= 4 is 41.9 Å². The largest absolute Gasteiger partial charge is 0.357 e. The topological polar surface area (TPSA) is 85.8 Å². The maximum absolute atomic E-state index is 13.2. The number of imide groups is 1. The van der Waals surface area contributed by atoms with E-state index in [1.807, 2.05) is 19.9 Å². The molecule has 0 spiro atoms. The number of rotatable bonds is 9. The lowest BCUT2D eigenvalue weighted by Gasteiger charge is -2.19. The van der Waals surface area contributed by atoms with Crippen molar-refractivity contribution < 1.29 is 14.0 Å². The van der Waals surface area contributed by atoms with Gasteiger partial charge in [0.1, 0.15) is 11.4 Å². The molecule has 9 heteroatoms. The number of aliphatic imine (C=N–C) groups is 1. The van der Waals surface area contributed by atoms with Crippen LogP contribution < -0.4 is 16.0 Å². The van der Waals surface area contributed by atoms with Gasteiger partial charge in [-0.25, -0.2) is 9.18 Å². The SMILES string of the molecule is CCNC(=NCCCN1C(=O)NC(C)(CC)C1=O)NCCc1cccc(F)c1.I. The summed E-state index contributed by atoms with van der Waals surface area (Å²) in [5.41, 5.74) is 0.120. The van der Waals surface area contributed by atoms with E-state index in [9.17, 15) is 14.0 Å². The van der Waals surface area contributed by atoms with Gasteiger partial charge in [0.2, 0.25) is 0 Å². The Morgan fingerprint density at radius 1 is 1.28 bits per heavy atom. The number of hydrogen-bond donors (Lipinski definition) is 3. The average molecular weight is 519 g/mol. The highest BCUT2D eigenvalue weighted by molar-refractivity contribution is 14.0. The minimum Gasteiger partial charge on any atom is -0.357 e. The molecule has 0 saturated carbocycles. The van der Waals surface area contributed by atoms with E-state index in [0.29, 0.717) is 51.4 Å². The van der Waals surface area contributed by atoms with Gasteiger partial charge in [-0.2, -0.15) is 0 Å². The third-order valence-corrected chi connectivity index (χ3v) is 4.80. The highest BCUT2D eigenvalue weighted by atomic mass is 127. The molecular weight excluding hydrogens is 488 g/mol. The Kier molecular flexibility index (Phi) is 10.3. The van der Waals surface area contributed by atoms with Crippen LogP contribution in [-0.2, 0) is 11.2 Å². The van der Waals surface area contributed by atoms with Crippen molar-refractivity contribution in [2.24, 2.45) is 4.99 Å². The molecule has 3 amide bonds. The molecule has 0 aliphatic carbocycles. The summed E-state index contributed by atoms with van der Waals surface area (Å²) in [7, 11) is 0. The van der Waals surface area contributed by atoms with Crippen molar-refractivity contribution in [3.05, 3.63) is 35.6 Å². The lowest BCUT2D eigenvalue weighted by Crippen LogP contribution is -2.43. The number of carbonyl (C=O) groups is 2. The number of hydrogen-bond acceptors (Lipinski definition) is 3. The second kappa shape index (κ2) is 11.9. The molecule has 1 atom stereocenters. The Balaban J connectivity index is 0.00000420. The summed E-state index contributed by atoms with van der Waals surface area (Å²) in [6.45, 7) is 7.76. The molecule has 7 nitrogen and oxygen atoms in total. The van der Waals surface area contributed by atoms with Crippen LogP contribution in [0.3, 0.4) is 0 Å². The lowest BCUT2D eigenvalue weighted by atomic mass is 9.99. The molecular formula is C20H31FIN5O2. The molecule has 1 unspecified atom stereocenters. The number of carbonyl (C=O) groups excluding carboxylic acids is 2. The van der Waals surface area contributed by atoms with Gasteiger partial charge < -0.3 is 16.0 Å². The van der Waals surface area contributed by atoms with Crippen molar-refractivity contribution in [2.75, 3.05) is 26.2 Å². The molecule has 1 aliphatic heterocycles. The fraction of sp³-hybridized carbons (Fsp3) is 0.550. The Hall–Kier alpha value is -1.91. The van der Waals surface area contributed by atoms with Gasteiger partial charge in [-0.1, -0.05) is 19.1 Å². The number of benzene rings is 1. The first-order valence-electron chi connectivity index (χ1n) is 9.80. The second-order valence-electron chi connectivity index (χ2n) is 6.99. The first kappa shape index (κ1) is 25.1. The minimum atomic E-state index is -0.798. The summed E-state index contributed by atoms with van der Waals surface area (Å²) in [6, 6.07) is 6.20. The van der Waals surface area contributed by atoms with E-state index in [-0.39, 0.29) is 41.7 Å². The highest BCUT2D eigenvalue weighted by Crippen LogP contribution is 2.20. The fourth-order valence-corrected chi connectivity index (χ4v) is 2.97. The first-order chi connectivity index (χ1) is 13.4. The zero-order chi connectivity index (χ0) is 20.6. The molecule has 29 heavy (non-hydrogen) atoms. The number of guanidine groups is 1. The third kappa shape index (κ3) is 7.13. The molecule has 1 saturated heterocycles. The standard InChI is InChI=1S/C20H30FN5O2.HI/c1-4-20(3)17(27)26(19(28)25-20)13-7-11-23-18(22-5-2)24-12-10-15-8-6-9-16(21)14-15;/h6,8-9,14H,4-5,7,10-13H2,1-3H3,(H,25,28)(H2,22,23,24);1H. The summed E-state index contributed by atoms with van der Waals surface area (Å²) in [5.74, 6) is 0.247. The van der Waals surface area contributed by atoms with Crippen LogP contribution in [0, 0.1) is 5.82 Å². The van der Waals surface area contributed by atoms with E-state index in [0.717, 1.165) is 5.56 Å². The zero-order valence-corrected chi connectivity index (χ0v) is 19.6. The van der Waals surface area contributed by atoms with E-state index in [4.69, 9.17) is 0 Å². The lowest BCUT2D eigenvalue weighted by molar-refractivity contribution is -0.130. The van der Waals surface area contributed by atoms with Crippen molar-refractivity contribution in [3.63, 3.8) is 0 Å². The molecule has 1 aromatic rings. The van der Waals surface area contributed by atoms with Crippen LogP contribution in [0.4, 0.5) is 9.18 Å². The van der Waals surface area contributed by atoms with Gasteiger partial charge in [-0.3, -0.25) is 14.7 Å². The van der Waals surface area contributed by atoms with Gasteiger partial charge in [0.05, 0.1) is 0 Å². The Morgan fingerprint density at radius 2 is 2.03 bits per heavy atom. The average Bonchev–Trinajstić information content (AvgIpc) is 2.88. The van der Waals surface area contributed by atoms with E-state index in [2.05, 4.69) is 20.9 Å². The zero-order valence-electron chi connectivity index (χ0n) is 17.3. The minimum absolute atomic E-state index is 0. The van der Waals surface area contributed by atoms with Gasteiger partial charge in [-0.15, -0.1) is 24.0 Å². The molecule has 0 bridgehead atoms. The smallest absolute Gasteiger partial charge is 0.325 e. The van der Waals surface area contributed by atoms with Crippen molar-refractivity contribution in [1.82, 2.24) is 20.9 Å². The molecule has 1 heterocycles. The monoisotopic (exact) mass is 519 g/mol. The molecule has 1 aliphatic rings. The van der Waals surface area contributed by atoms with Crippen molar-refractivity contribution in [2.45, 2.75) is 45.6 Å². The number of halogens is 2. The van der Waals surface area contributed by atoms with Gasteiger partial charge in [0, 0.05) is 26.2 Å². The van der Waals surface area contributed by atoms with Crippen LogP contribution in [-0.4, -0.2) is 54.5 Å². The predicted molar refractivity (Wildman–Crippen MR) is 123 cm³/mol. The number of amides is 3. The van der Waals surface area contributed by atoms with Gasteiger partial charge in [-0.05, 0) is 50.8 Å². The summed E-state index contributed by atoms with van der Waals surface area (Å²) in [4.78, 5) is 30.1. The Bertz CT molecular complexity index is 731. The van der Waals surface area contributed by atoms with E-state index < -0.39 is 5.54 Å². The molecule has 1 fully saturated rings. The van der Waals surface area contributed by atoms with Crippen LogP contribution in [0.2, 0.25) is 0 Å². The molecule has 3 N–H and O–H groups in total. The summed E-state index contributed by atoms with van der Waals surface area (Å²) < 4.78 is 13.2. The molecule has 2 rings (SSSR count). The van der Waals surface area contributed by atoms with Crippen LogP contribution in [0.5, 0.6) is 0 Å². The number of nitrogens with one attached hydrogen (secondary N) is 3. The highest BCUT2D eigenvalue weighted by Gasteiger charge is 2.45. The van der Waals surface area contributed by atoms with Crippen LogP contribution in [0.15, 0.2) is 29.3 Å². The first-order valence-corrected chi connectivity index (χ1v) is 9.80. The predicted octanol–water partition coefficient (Wildman–Crippen LogP) is 2.65. The Labute approximate surface area is 188 Å². The molecule has 0 radical (unpaired) electrons. The fourth-order valence-electron chi connectivity index (χ4n) is 2.97. The van der Waals surface area contributed by atoms with E-state index in [1.165, 1.54) is 17.0 Å². The summed E-state index contributed by atoms with van der Waals surface area (Å²) in [6.07, 6.45) is 1.83. The molecule has 1 aromatic carbocycles. The maximum Gasteiger partial charge on any atom is 0.325 e. The van der Waals surface area contributed by atoms with E-state index >= 15 is 0 Å². The van der Waals surface area contributed by atoms with Crippen molar-refractivity contribution in [3.8, 4) is 0 Å². The number of nitrogens with zero attached hydrogens (tertiary/aromatic N) is 2. The quantitative estimate of drug-likeness (QED) is 0.154. The van der Waals surface area contributed by atoms with Crippen LogP contribution in [0.1, 0.15) is 39.2 Å². The van der Waals surface area contributed by atoms with Crippen LogP contribution in [0.25, 0.3) is 0 Å². The molecule has 162 valence electrons. The maximum atomic E-state index is 13.2. The number of urea groups is 1. The van der Waals surface area contributed by atoms with Gasteiger partial charge in [0.15, 0.2) is 5.96 Å². The van der Waals surface area contributed by atoms with Crippen LogP contribution >= 0.6 is 24.0 Å². The summed E-state index contributed by atoms with van der Waals surface area (Å²) in [5, 5.41) is 9.11. The second-order valence-corrected chi connectivity index (χ2v) is 6.99. The molecule has 0 aromatic heterocycles. The van der Waals surface area contributed by atoms with Crippen molar-refractivity contribution in [1.29, 1.82) is 0 Å².